The van der Waals surface area contributed by atoms with Gasteiger partial charge in [-0.05, 0) is 132 Å². The summed E-state index contributed by atoms with van der Waals surface area (Å²) in [5.41, 5.74) is 9.48. The minimum absolute atomic E-state index is 0.399. The lowest BCUT2D eigenvalue weighted by atomic mass is 9.72. The Kier molecular flexibility index (Phi) is 3.98. The Labute approximate surface area is 265 Å². The van der Waals surface area contributed by atoms with Crippen LogP contribution in [0.15, 0.2) is 36.4 Å². The molecule has 1 saturated heterocycles. The SMILES string of the molecule is COCCOCCOCC1C2c3cc4c5c6c(cc7ccc8cc9c%10c%11c(cc(c%12c3c5c(c%12%11)c3c%10c8c7c63)C2C[N+]1(C)C)C9)C4. The first kappa shape index (κ1) is 24.4. The molecule has 1 heterocycles. The molecule has 3 aliphatic carbocycles. The molecule has 0 aromatic heterocycles. The van der Waals surface area contributed by atoms with E-state index in [0.29, 0.717) is 44.3 Å². The van der Waals surface area contributed by atoms with Gasteiger partial charge in [0.15, 0.2) is 0 Å². The Hall–Kier alpha value is -3.80. The molecule has 1 fully saturated rings. The third-order valence-electron chi connectivity index (χ3n) is 13.5. The average Bonchev–Trinajstić information content (AvgIpc) is 3.82. The summed E-state index contributed by atoms with van der Waals surface area (Å²) < 4.78 is 18.4. The smallest absolute Gasteiger partial charge is 0.120 e. The maximum atomic E-state index is 6.47. The van der Waals surface area contributed by atoms with E-state index in [1.54, 1.807) is 105 Å². The van der Waals surface area contributed by atoms with Crippen molar-refractivity contribution in [1.82, 2.24) is 0 Å². The van der Waals surface area contributed by atoms with Crippen molar-refractivity contribution in [2.75, 3.05) is 60.8 Å². The van der Waals surface area contributed by atoms with Gasteiger partial charge in [-0.25, -0.2) is 0 Å². The average molecular weight is 601 g/mol. The molecule has 0 radical (unpaired) electrons. The highest BCUT2D eigenvalue weighted by molar-refractivity contribution is 6.58. The number of ether oxygens (including phenoxy) is 3. The Bertz CT molecular complexity index is 2760. The minimum atomic E-state index is 0.399. The standard InChI is InChI=1S/C42H34NO3/c1-43(2)16-26-24-14-22-12-20-10-18-4-5-19-11-21-13-23-15-25(34(26)27(43)17-46-9-8-45-7-6-44-3)36-35(24)39-32(22)30(20)37-28(18)29(19)38-31(21)33(23)40(36)42(39)41(37)38/h4-5,10-11,14-15,26-27,34H,6-9,12-13,16-17H2,1-3H3/q+1. The highest BCUT2D eigenvalue weighted by Crippen LogP contribution is 2.66. The van der Waals surface area contributed by atoms with Gasteiger partial charge >= 0.3 is 0 Å². The van der Waals surface area contributed by atoms with Gasteiger partial charge in [0, 0.05) is 13.0 Å². The fraction of sp³-hybridized carbons (Fsp3) is 0.333. The van der Waals surface area contributed by atoms with Gasteiger partial charge in [0.05, 0.1) is 59.6 Å². The molecule has 9 aromatic carbocycles. The van der Waals surface area contributed by atoms with E-state index in [2.05, 4.69) is 50.5 Å². The Morgan fingerprint density at radius 1 is 0.565 bits per heavy atom. The number of hydrogen-bond donors (Lipinski definition) is 0. The molecule has 4 aliphatic rings. The van der Waals surface area contributed by atoms with Crippen LogP contribution in [-0.4, -0.2) is 71.3 Å². The summed E-state index contributed by atoms with van der Waals surface area (Å²) in [5.74, 6) is 0.950. The van der Waals surface area contributed by atoms with Crippen LogP contribution in [0, 0.1) is 0 Å². The monoisotopic (exact) mass is 600 g/mol. The second-order valence-electron chi connectivity index (χ2n) is 15.8. The number of likely N-dealkylation sites (N-methyl/N-ethyl adjacent to an activating group) is 1. The second kappa shape index (κ2) is 7.50. The van der Waals surface area contributed by atoms with Crippen molar-refractivity contribution < 1.29 is 18.7 Å². The van der Waals surface area contributed by atoms with Crippen molar-refractivity contribution >= 4 is 86.2 Å². The lowest BCUT2D eigenvalue weighted by Gasteiger charge is -2.34. The fourth-order valence-electron chi connectivity index (χ4n) is 12.0. The van der Waals surface area contributed by atoms with E-state index in [9.17, 15) is 0 Å². The molecule has 4 nitrogen and oxygen atoms in total. The number of nitrogens with zero attached hydrogens (tertiary/aromatic N) is 1. The second-order valence-corrected chi connectivity index (χ2v) is 15.8. The van der Waals surface area contributed by atoms with Gasteiger partial charge in [0.1, 0.15) is 6.04 Å². The van der Waals surface area contributed by atoms with Crippen LogP contribution in [-0.2, 0) is 27.1 Å². The number of fused-ring (bicyclic) bond motifs is 3. The van der Waals surface area contributed by atoms with E-state index in [1.165, 1.54) is 21.5 Å². The predicted molar refractivity (Wildman–Crippen MR) is 188 cm³/mol. The number of likely N-dealkylation sites (tertiary alicyclic amines) is 1. The van der Waals surface area contributed by atoms with E-state index in [-0.39, 0.29) is 0 Å². The molecule has 0 N–H and O–H groups in total. The van der Waals surface area contributed by atoms with Crippen molar-refractivity contribution in [2.24, 2.45) is 0 Å². The van der Waals surface area contributed by atoms with E-state index in [4.69, 9.17) is 14.2 Å². The zero-order valence-corrected chi connectivity index (χ0v) is 26.5. The molecule has 9 aromatic rings. The number of rotatable bonds is 8. The third kappa shape index (κ3) is 2.38. The summed E-state index contributed by atoms with van der Waals surface area (Å²) in [7, 11) is 6.62. The highest BCUT2D eigenvalue weighted by atomic mass is 16.5. The molecule has 13 rings (SSSR count). The number of quaternary nitrogens is 1. The van der Waals surface area contributed by atoms with Crippen LogP contribution in [0.3, 0.4) is 0 Å². The van der Waals surface area contributed by atoms with E-state index < -0.39 is 0 Å². The predicted octanol–water partition coefficient (Wildman–Crippen LogP) is 8.23. The van der Waals surface area contributed by atoms with Gasteiger partial charge in [-0.2, -0.15) is 0 Å². The summed E-state index contributed by atoms with van der Waals surface area (Å²) in [4.78, 5) is 0. The van der Waals surface area contributed by atoms with Crippen molar-refractivity contribution in [3.05, 3.63) is 69.8 Å². The number of methoxy groups -OCH3 is 1. The molecule has 0 spiro atoms. The van der Waals surface area contributed by atoms with Gasteiger partial charge < -0.3 is 18.7 Å². The third-order valence-corrected chi connectivity index (χ3v) is 13.5. The zero-order chi connectivity index (χ0) is 30.0. The lowest BCUT2D eigenvalue weighted by molar-refractivity contribution is -0.903. The van der Waals surface area contributed by atoms with Gasteiger partial charge in [-0.15, -0.1) is 0 Å². The molecule has 0 bridgehead atoms. The maximum absolute atomic E-state index is 6.47. The van der Waals surface area contributed by atoms with Crippen LogP contribution >= 0.6 is 0 Å². The van der Waals surface area contributed by atoms with Crippen LogP contribution in [0.1, 0.15) is 45.2 Å². The largest absolute Gasteiger partial charge is 0.382 e. The molecule has 46 heavy (non-hydrogen) atoms. The lowest BCUT2D eigenvalue weighted by Crippen LogP contribution is -2.48. The molecular weight excluding hydrogens is 566 g/mol. The number of benzene rings is 7. The van der Waals surface area contributed by atoms with Crippen LogP contribution in [0.4, 0.5) is 0 Å². The quantitative estimate of drug-likeness (QED) is 0.0999. The highest BCUT2D eigenvalue weighted by Gasteiger charge is 2.54. The molecule has 3 atom stereocenters. The summed E-state index contributed by atoms with van der Waals surface area (Å²) in [5, 5.41) is 25.0. The van der Waals surface area contributed by atoms with Crippen LogP contribution < -0.4 is 0 Å². The van der Waals surface area contributed by atoms with Crippen LogP contribution in [0.25, 0.3) is 86.2 Å². The molecule has 224 valence electrons. The van der Waals surface area contributed by atoms with Gasteiger partial charge in [0.25, 0.3) is 0 Å². The number of hydrogen-bond acceptors (Lipinski definition) is 3. The Morgan fingerprint density at radius 2 is 1.07 bits per heavy atom. The van der Waals surface area contributed by atoms with E-state index in [1.807, 2.05) is 0 Å². The van der Waals surface area contributed by atoms with Gasteiger partial charge in [0.2, 0.25) is 0 Å². The van der Waals surface area contributed by atoms with Crippen molar-refractivity contribution in [1.29, 1.82) is 0 Å². The topological polar surface area (TPSA) is 27.7 Å². The van der Waals surface area contributed by atoms with Crippen LogP contribution in [0.5, 0.6) is 0 Å². The van der Waals surface area contributed by atoms with E-state index in [0.717, 1.165) is 30.5 Å². The van der Waals surface area contributed by atoms with Crippen molar-refractivity contribution in [2.45, 2.75) is 30.7 Å². The molecule has 1 aliphatic heterocycles. The summed E-state index contributed by atoms with van der Waals surface area (Å²) in [6.45, 7) is 4.41. The normalized spacial score (nSPS) is 22.6. The van der Waals surface area contributed by atoms with Crippen molar-refractivity contribution in [3.63, 3.8) is 0 Å². The first-order chi connectivity index (χ1) is 22.5. The molecule has 3 unspecified atom stereocenters. The van der Waals surface area contributed by atoms with Crippen molar-refractivity contribution in [3.8, 4) is 0 Å². The van der Waals surface area contributed by atoms with Gasteiger partial charge in [-0.3, -0.25) is 0 Å². The Morgan fingerprint density at radius 3 is 1.70 bits per heavy atom. The first-order valence-corrected chi connectivity index (χ1v) is 17.3. The van der Waals surface area contributed by atoms with E-state index >= 15 is 0 Å². The zero-order valence-electron chi connectivity index (χ0n) is 26.5. The molecule has 0 saturated carbocycles. The van der Waals surface area contributed by atoms with Gasteiger partial charge in [-0.1, -0.05) is 36.4 Å². The summed E-state index contributed by atoms with van der Waals surface area (Å²) in [6, 6.07) is 15.7. The maximum Gasteiger partial charge on any atom is 0.120 e. The summed E-state index contributed by atoms with van der Waals surface area (Å²) >= 11 is 0. The first-order valence-electron chi connectivity index (χ1n) is 17.3. The molecular formula is C42H34NO3+. The fourth-order valence-corrected chi connectivity index (χ4v) is 12.0. The molecule has 4 heteroatoms. The van der Waals surface area contributed by atoms with Crippen LogP contribution in [0.2, 0.25) is 0 Å². The minimum Gasteiger partial charge on any atom is -0.382 e. The molecule has 0 amide bonds. The summed E-state index contributed by atoms with van der Waals surface area (Å²) in [6.07, 6.45) is 2.12. The Balaban J connectivity index is 1.14.